The minimum atomic E-state index is -1.34. The first-order valence-corrected chi connectivity index (χ1v) is 9.37. The van der Waals surface area contributed by atoms with Crippen LogP contribution in [0, 0.1) is 0 Å². The largest absolute Gasteiger partial charge is 0.430 e. The van der Waals surface area contributed by atoms with E-state index >= 15 is 0 Å². The number of aliphatic hydroxyl groups excluding tert-OH is 1. The Morgan fingerprint density at radius 1 is 1.15 bits per heavy atom. The third kappa shape index (κ3) is 3.34. The van der Waals surface area contributed by atoms with E-state index in [9.17, 15) is 9.90 Å². The monoisotopic (exact) mass is 384 g/mol. The lowest BCUT2D eigenvalue weighted by molar-refractivity contribution is -0.269. The highest BCUT2D eigenvalue weighted by atomic mass is 32.2. The molecule has 0 aromatic heterocycles. The maximum atomic E-state index is 12.4. The van der Waals surface area contributed by atoms with Crippen molar-refractivity contribution in [1.82, 2.24) is 0 Å². The Kier molecular flexibility index (Phi) is 4.25. The van der Waals surface area contributed by atoms with E-state index < -0.39 is 18.0 Å². The number of nitrogens with zero attached hydrogens (tertiary/aromatic N) is 2. The van der Waals surface area contributed by atoms with Gasteiger partial charge in [-0.15, -0.1) is 0 Å². The van der Waals surface area contributed by atoms with Gasteiger partial charge in [0.05, 0.1) is 11.0 Å². The fourth-order valence-electron chi connectivity index (χ4n) is 3.05. The lowest BCUT2D eigenvalue weighted by Crippen LogP contribution is -2.45. The first-order valence-electron chi connectivity index (χ1n) is 8.55. The summed E-state index contributed by atoms with van der Waals surface area (Å²) in [6, 6.07) is 11.6. The van der Waals surface area contributed by atoms with Crippen molar-refractivity contribution in [3.63, 3.8) is 0 Å². The normalized spacial score (nSPS) is 22.3. The second-order valence-corrected chi connectivity index (χ2v) is 8.20. The van der Waals surface area contributed by atoms with E-state index in [1.807, 2.05) is 43.3 Å². The van der Waals surface area contributed by atoms with E-state index in [1.165, 1.54) is 0 Å². The van der Waals surface area contributed by atoms with Crippen molar-refractivity contribution in [1.29, 1.82) is 0 Å². The van der Waals surface area contributed by atoms with Crippen molar-refractivity contribution >= 4 is 34.7 Å². The van der Waals surface area contributed by atoms with E-state index in [1.54, 1.807) is 31.7 Å². The van der Waals surface area contributed by atoms with Crippen LogP contribution < -0.4 is 15.5 Å². The number of hydrogen-bond acceptors (Lipinski definition) is 7. The van der Waals surface area contributed by atoms with Gasteiger partial charge in [-0.2, -0.15) is 0 Å². The third-order valence-electron chi connectivity index (χ3n) is 4.39. The summed E-state index contributed by atoms with van der Waals surface area (Å²) in [6.45, 7) is 3.18. The van der Waals surface area contributed by atoms with Crippen LogP contribution in [0.1, 0.15) is 13.8 Å². The van der Waals surface area contributed by atoms with Gasteiger partial charge in [0.2, 0.25) is 5.79 Å². The molecular weight excluding hydrogens is 364 g/mol. The average molecular weight is 384 g/mol. The number of carbonyl (C=O) groups excluding carboxylic acids is 1. The molecule has 4 rings (SSSR count). The van der Waals surface area contributed by atoms with Gasteiger partial charge in [-0.05, 0) is 35.6 Å². The van der Waals surface area contributed by atoms with Gasteiger partial charge in [0.15, 0.2) is 6.29 Å². The fraction of sp³-hybridized carbons (Fsp3) is 0.300. The number of fused-ring (bicyclic) bond motifs is 2. The average Bonchev–Trinajstić information content (AvgIpc) is 2.57. The molecule has 6 nitrogen and oxygen atoms in total. The number of aliphatic hydroxyl groups is 1. The number of hydrogen-bond donors (Lipinski definition) is 1. The Bertz CT molecular complexity index is 1060. The van der Waals surface area contributed by atoms with E-state index in [0.717, 1.165) is 26.5 Å². The van der Waals surface area contributed by atoms with Crippen LogP contribution in [0.25, 0.3) is 5.57 Å². The van der Waals surface area contributed by atoms with Gasteiger partial charge in [0.1, 0.15) is 5.57 Å². The number of rotatable bonds is 1. The Labute approximate surface area is 161 Å². The predicted molar refractivity (Wildman–Crippen MR) is 102 cm³/mol. The summed E-state index contributed by atoms with van der Waals surface area (Å²) < 4.78 is 10.7. The highest BCUT2D eigenvalue weighted by Gasteiger charge is 2.38. The molecule has 1 atom stereocenters. The van der Waals surface area contributed by atoms with Crippen LogP contribution in [0.2, 0.25) is 0 Å². The van der Waals surface area contributed by atoms with Crippen LogP contribution in [-0.4, -0.2) is 37.2 Å². The second kappa shape index (κ2) is 6.37. The molecule has 0 radical (unpaired) electrons. The molecule has 2 aromatic carbocycles. The Morgan fingerprint density at radius 2 is 1.93 bits per heavy atom. The molecule has 0 saturated carbocycles. The van der Waals surface area contributed by atoms with Gasteiger partial charge in [0.25, 0.3) is 0 Å². The minimum absolute atomic E-state index is 0.102. The molecule has 1 N–H and O–H groups in total. The number of esters is 1. The maximum Gasteiger partial charge on any atom is 0.342 e. The summed E-state index contributed by atoms with van der Waals surface area (Å²) in [4.78, 5) is 21.1. The predicted octanol–water partition coefficient (Wildman–Crippen LogP) is 1.95. The minimum Gasteiger partial charge on any atom is -0.430 e. The summed E-state index contributed by atoms with van der Waals surface area (Å²) in [5, 5.41) is 11.7. The van der Waals surface area contributed by atoms with Gasteiger partial charge < -0.3 is 19.5 Å². The number of ether oxygens (including phenoxy) is 2. The fourth-order valence-corrected chi connectivity index (χ4v) is 4.09. The molecule has 0 aliphatic carbocycles. The molecule has 2 heterocycles. The highest BCUT2D eigenvalue weighted by molar-refractivity contribution is 7.99. The second-order valence-electron chi connectivity index (χ2n) is 7.12. The third-order valence-corrected chi connectivity index (χ3v) is 5.49. The number of benzene rings is 2. The molecule has 1 fully saturated rings. The van der Waals surface area contributed by atoms with Crippen molar-refractivity contribution in [3.8, 4) is 0 Å². The SMILES string of the molecule is CN(C)c1ccc2c(c1)Sc1c/c(=C3/C(=O)OC(C)(C)OC3O)ccc1=N2. The quantitative estimate of drug-likeness (QED) is 0.647. The standard InChI is InChI=1S/C20H20N2O4S/c1-20(2)25-18(23)17(19(24)26-20)11-5-7-13-15(9-11)27-16-10-12(22(3)4)6-8-14(16)21-13/h5-10,18,23H,1-4H3/b17-11+. The molecule has 2 aliphatic heterocycles. The Morgan fingerprint density at radius 3 is 2.63 bits per heavy atom. The molecule has 0 bridgehead atoms. The molecule has 140 valence electrons. The zero-order valence-electron chi connectivity index (χ0n) is 15.5. The smallest absolute Gasteiger partial charge is 0.342 e. The van der Waals surface area contributed by atoms with Crippen LogP contribution in [0.15, 0.2) is 51.2 Å². The summed E-state index contributed by atoms with van der Waals surface area (Å²) in [7, 11) is 3.99. The van der Waals surface area contributed by atoms with Gasteiger partial charge in [-0.25, -0.2) is 9.79 Å². The number of carbonyl (C=O) groups is 1. The van der Waals surface area contributed by atoms with Gasteiger partial charge >= 0.3 is 5.97 Å². The van der Waals surface area contributed by atoms with Crippen molar-refractivity contribution in [3.05, 3.63) is 47.0 Å². The summed E-state index contributed by atoms with van der Waals surface area (Å²) in [5.41, 5.74) is 2.11. The van der Waals surface area contributed by atoms with Gasteiger partial charge in [-0.3, -0.25) is 0 Å². The van der Waals surface area contributed by atoms with E-state index in [0.29, 0.717) is 5.22 Å². The summed E-state index contributed by atoms with van der Waals surface area (Å²) in [6.07, 6.45) is -1.34. The summed E-state index contributed by atoms with van der Waals surface area (Å²) in [5.74, 6) is -1.73. The molecule has 0 amide bonds. The first kappa shape index (κ1) is 18.0. The van der Waals surface area contributed by atoms with Crippen LogP contribution in [-0.2, 0) is 14.3 Å². The molecule has 1 unspecified atom stereocenters. The molecule has 2 aromatic rings. The molecule has 27 heavy (non-hydrogen) atoms. The lowest BCUT2D eigenvalue weighted by Gasteiger charge is -2.34. The zero-order valence-corrected chi connectivity index (χ0v) is 16.3. The molecule has 0 spiro atoms. The highest BCUT2D eigenvalue weighted by Crippen LogP contribution is 2.38. The maximum absolute atomic E-state index is 12.4. The number of anilines is 1. The zero-order chi connectivity index (χ0) is 19.3. The summed E-state index contributed by atoms with van der Waals surface area (Å²) >= 11 is 1.59. The lowest BCUT2D eigenvalue weighted by atomic mass is 10.1. The Balaban J connectivity index is 1.81. The molecule has 2 aliphatic rings. The van der Waals surface area contributed by atoms with Crippen LogP contribution >= 0.6 is 11.8 Å². The van der Waals surface area contributed by atoms with Crippen LogP contribution in [0.5, 0.6) is 0 Å². The molecule has 7 heteroatoms. The van der Waals surface area contributed by atoms with E-state index in [2.05, 4.69) is 6.07 Å². The molecule has 1 saturated heterocycles. The van der Waals surface area contributed by atoms with Gasteiger partial charge in [-0.1, -0.05) is 17.8 Å². The van der Waals surface area contributed by atoms with Crippen molar-refractivity contribution in [2.75, 3.05) is 19.0 Å². The Hall–Kier alpha value is -2.35. The number of cyclic esters (lactones) is 1. The van der Waals surface area contributed by atoms with E-state index in [4.69, 9.17) is 14.5 Å². The van der Waals surface area contributed by atoms with Crippen molar-refractivity contribution in [2.45, 2.75) is 35.7 Å². The van der Waals surface area contributed by atoms with E-state index in [-0.39, 0.29) is 5.57 Å². The first-order chi connectivity index (χ1) is 12.7. The van der Waals surface area contributed by atoms with Crippen molar-refractivity contribution in [2.24, 2.45) is 4.99 Å². The van der Waals surface area contributed by atoms with Crippen LogP contribution in [0.4, 0.5) is 11.4 Å². The topological polar surface area (TPSA) is 71.4 Å². The van der Waals surface area contributed by atoms with Crippen molar-refractivity contribution < 1.29 is 19.4 Å². The van der Waals surface area contributed by atoms with Crippen LogP contribution in [0.3, 0.4) is 0 Å². The van der Waals surface area contributed by atoms with Gasteiger partial charge in [0, 0.05) is 43.4 Å². The molecular formula is C20H20N2O4S.